The van der Waals surface area contributed by atoms with Crippen molar-refractivity contribution in [2.45, 2.75) is 103 Å². The molecule has 1 aromatic rings. The summed E-state index contributed by atoms with van der Waals surface area (Å²) in [6.45, 7) is 0. The fourth-order valence-electron chi connectivity index (χ4n) is 3.60. The average molecular weight is 495 g/mol. The third-order valence-corrected chi connectivity index (χ3v) is 5.62. The van der Waals surface area contributed by atoms with Gasteiger partial charge in [0.25, 0.3) is 0 Å². The van der Waals surface area contributed by atoms with Gasteiger partial charge in [-0.2, -0.15) is 8.78 Å². The number of rotatable bonds is 18. The SMILES string of the molecule is COC(=O)CCCCCCCCCCCCCCCCC(=O)Oc1c(F)c(F)c(F)c(F)c1F. The molecule has 0 heterocycles. The predicted octanol–water partition coefficient (Wildman–Crippen LogP) is 7.70. The van der Waals surface area contributed by atoms with Crippen LogP contribution in [0.2, 0.25) is 0 Å². The van der Waals surface area contributed by atoms with Crippen LogP contribution in [0.4, 0.5) is 22.0 Å². The monoisotopic (exact) mass is 494 g/mol. The zero-order chi connectivity index (χ0) is 25.3. The van der Waals surface area contributed by atoms with E-state index in [1.807, 2.05) is 0 Å². The second kappa shape index (κ2) is 17.3. The molecule has 0 N–H and O–H groups in total. The molecule has 0 fully saturated rings. The minimum atomic E-state index is -2.29. The number of halogens is 5. The van der Waals surface area contributed by atoms with Crippen LogP contribution < -0.4 is 4.74 Å². The van der Waals surface area contributed by atoms with Crippen molar-refractivity contribution in [1.29, 1.82) is 0 Å². The Morgan fingerprint density at radius 3 is 1.15 bits per heavy atom. The van der Waals surface area contributed by atoms with Crippen LogP contribution in [0, 0.1) is 29.1 Å². The van der Waals surface area contributed by atoms with Gasteiger partial charge in [-0.3, -0.25) is 9.59 Å². The summed E-state index contributed by atoms with van der Waals surface area (Å²) in [6.07, 6.45) is 14.7. The summed E-state index contributed by atoms with van der Waals surface area (Å²) in [4.78, 5) is 22.7. The maximum atomic E-state index is 13.5. The molecule has 0 atom stereocenters. The summed E-state index contributed by atoms with van der Waals surface area (Å²) in [7, 11) is 1.41. The van der Waals surface area contributed by atoms with Crippen molar-refractivity contribution in [3.05, 3.63) is 29.1 Å². The summed E-state index contributed by atoms with van der Waals surface area (Å²) in [5, 5.41) is 0. The van der Waals surface area contributed by atoms with E-state index in [1.165, 1.54) is 39.2 Å². The molecule has 0 saturated carbocycles. The third-order valence-electron chi connectivity index (χ3n) is 5.62. The normalized spacial score (nSPS) is 11.0. The first-order valence-electron chi connectivity index (χ1n) is 12.1. The number of hydrogen-bond acceptors (Lipinski definition) is 4. The number of benzene rings is 1. The Balaban J connectivity index is 1.98. The zero-order valence-corrected chi connectivity index (χ0v) is 19.8. The van der Waals surface area contributed by atoms with Crippen molar-refractivity contribution in [3.8, 4) is 5.75 Å². The molecule has 0 aliphatic rings. The van der Waals surface area contributed by atoms with Gasteiger partial charge in [-0.05, 0) is 12.8 Å². The van der Waals surface area contributed by atoms with Crippen molar-refractivity contribution in [2.24, 2.45) is 0 Å². The minimum absolute atomic E-state index is 0.145. The van der Waals surface area contributed by atoms with Crippen LogP contribution in [0.3, 0.4) is 0 Å². The first-order chi connectivity index (χ1) is 16.3. The molecule has 1 rings (SSSR count). The molecule has 1 aromatic carbocycles. The van der Waals surface area contributed by atoms with E-state index in [1.54, 1.807) is 0 Å². The number of unbranched alkanes of at least 4 members (excludes halogenated alkanes) is 13. The summed E-state index contributed by atoms with van der Waals surface area (Å²) in [5.41, 5.74) is 0. The highest BCUT2D eigenvalue weighted by Crippen LogP contribution is 2.29. The Kier molecular flexibility index (Phi) is 15.2. The van der Waals surface area contributed by atoms with Gasteiger partial charge in [0.1, 0.15) is 0 Å². The molecule has 0 aliphatic carbocycles. The van der Waals surface area contributed by atoms with Crippen LogP contribution in [0.1, 0.15) is 103 Å². The largest absolute Gasteiger partial charge is 0.469 e. The van der Waals surface area contributed by atoms with E-state index < -0.39 is 40.8 Å². The van der Waals surface area contributed by atoms with Gasteiger partial charge in [-0.1, -0.05) is 77.0 Å². The van der Waals surface area contributed by atoms with Gasteiger partial charge in [-0.25, -0.2) is 13.2 Å². The first kappa shape index (κ1) is 29.8. The van der Waals surface area contributed by atoms with Crippen molar-refractivity contribution in [3.63, 3.8) is 0 Å². The maximum absolute atomic E-state index is 13.5. The molecule has 9 heteroatoms. The van der Waals surface area contributed by atoms with Gasteiger partial charge in [-0.15, -0.1) is 0 Å². The third kappa shape index (κ3) is 11.3. The highest BCUT2D eigenvalue weighted by Gasteiger charge is 2.28. The minimum Gasteiger partial charge on any atom is -0.469 e. The predicted molar refractivity (Wildman–Crippen MR) is 118 cm³/mol. The van der Waals surface area contributed by atoms with Gasteiger partial charge < -0.3 is 9.47 Å². The van der Waals surface area contributed by atoms with Crippen LogP contribution in [-0.2, 0) is 14.3 Å². The molecule has 0 saturated heterocycles. The Labute approximate surface area is 198 Å². The van der Waals surface area contributed by atoms with E-state index in [9.17, 15) is 31.5 Å². The van der Waals surface area contributed by atoms with Crippen LogP contribution in [0.15, 0.2) is 0 Å². The first-order valence-corrected chi connectivity index (χ1v) is 12.1. The zero-order valence-electron chi connectivity index (χ0n) is 19.8. The molecule has 0 radical (unpaired) electrons. The number of carbonyl (C=O) groups is 2. The Hall–Kier alpha value is -2.19. The van der Waals surface area contributed by atoms with E-state index >= 15 is 0 Å². The van der Waals surface area contributed by atoms with E-state index in [2.05, 4.69) is 9.47 Å². The average Bonchev–Trinajstić information content (AvgIpc) is 2.83. The van der Waals surface area contributed by atoms with Crippen molar-refractivity contribution in [1.82, 2.24) is 0 Å². The maximum Gasteiger partial charge on any atom is 0.311 e. The quantitative estimate of drug-likeness (QED) is 0.0524. The van der Waals surface area contributed by atoms with Crippen LogP contribution in [-0.4, -0.2) is 19.0 Å². The van der Waals surface area contributed by atoms with E-state index in [0.29, 0.717) is 19.3 Å². The van der Waals surface area contributed by atoms with Gasteiger partial charge >= 0.3 is 11.9 Å². The summed E-state index contributed by atoms with van der Waals surface area (Å²) in [6, 6.07) is 0. The van der Waals surface area contributed by atoms with Crippen molar-refractivity contribution in [2.75, 3.05) is 7.11 Å². The number of methoxy groups -OCH3 is 1. The molecule has 0 bridgehead atoms. The number of esters is 2. The molecule has 34 heavy (non-hydrogen) atoms. The highest BCUT2D eigenvalue weighted by atomic mass is 19.2. The number of ether oxygens (including phenoxy) is 2. The second-order valence-electron chi connectivity index (χ2n) is 8.40. The molecular weight excluding hydrogens is 459 g/mol. The molecular formula is C25H35F5O4. The highest BCUT2D eigenvalue weighted by molar-refractivity contribution is 5.72. The van der Waals surface area contributed by atoms with Crippen molar-refractivity contribution < 1.29 is 41.0 Å². The number of carbonyl (C=O) groups excluding carboxylic acids is 2. The Bertz CT molecular complexity index is 741. The molecule has 4 nitrogen and oxygen atoms in total. The standard InChI is InChI=1S/C25H35F5O4/c1-33-18(31)16-14-12-10-8-6-4-2-3-5-7-9-11-13-15-17-19(32)34-25-23(29)21(27)20(26)22(28)24(25)30/h2-17H2,1H3. The lowest BCUT2D eigenvalue weighted by atomic mass is 10.0. The summed E-state index contributed by atoms with van der Waals surface area (Å²) >= 11 is 0. The molecule has 0 spiro atoms. The fraction of sp³-hybridized carbons (Fsp3) is 0.680. The molecule has 0 amide bonds. The second-order valence-corrected chi connectivity index (χ2v) is 8.40. The van der Waals surface area contributed by atoms with E-state index in [0.717, 1.165) is 44.9 Å². The van der Waals surface area contributed by atoms with E-state index in [-0.39, 0.29) is 12.4 Å². The number of hydrogen-bond donors (Lipinski definition) is 0. The van der Waals surface area contributed by atoms with E-state index in [4.69, 9.17) is 0 Å². The molecule has 0 aliphatic heterocycles. The van der Waals surface area contributed by atoms with Crippen LogP contribution in [0.5, 0.6) is 5.75 Å². The summed E-state index contributed by atoms with van der Waals surface area (Å²) < 4.78 is 75.2. The molecule has 194 valence electrons. The lowest BCUT2D eigenvalue weighted by Crippen LogP contribution is -2.13. The van der Waals surface area contributed by atoms with Crippen LogP contribution >= 0.6 is 0 Å². The molecule has 0 unspecified atom stereocenters. The topological polar surface area (TPSA) is 52.6 Å². The fourth-order valence-corrected chi connectivity index (χ4v) is 3.60. The molecule has 0 aromatic heterocycles. The lowest BCUT2D eigenvalue weighted by Gasteiger charge is -2.08. The van der Waals surface area contributed by atoms with Gasteiger partial charge in [0.05, 0.1) is 7.11 Å². The van der Waals surface area contributed by atoms with Gasteiger partial charge in [0, 0.05) is 12.8 Å². The smallest absolute Gasteiger partial charge is 0.311 e. The lowest BCUT2D eigenvalue weighted by molar-refractivity contribution is -0.140. The van der Waals surface area contributed by atoms with Crippen LogP contribution in [0.25, 0.3) is 0 Å². The Morgan fingerprint density at radius 2 is 0.794 bits per heavy atom. The van der Waals surface area contributed by atoms with Gasteiger partial charge in [0.15, 0.2) is 0 Å². The Morgan fingerprint density at radius 1 is 0.500 bits per heavy atom. The van der Waals surface area contributed by atoms with Gasteiger partial charge in [0.2, 0.25) is 34.8 Å². The summed E-state index contributed by atoms with van der Waals surface area (Å²) in [5.74, 6) is -13.6. The van der Waals surface area contributed by atoms with Crippen molar-refractivity contribution >= 4 is 11.9 Å².